The zero-order valence-corrected chi connectivity index (χ0v) is 15.1. The Bertz CT molecular complexity index is 736. The van der Waals surface area contributed by atoms with Gasteiger partial charge in [0, 0.05) is 11.7 Å². The van der Waals surface area contributed by atoms with E-state index in [0.717, 1.165) is 24.4 Å². The molecule has 1 aliphatic rings. The second-order valence-electron chi connectivity index (χ2n) is 7.39. The monoisotopic (exact) mass is 343 g/mol. The van der Waals surface area contributed by atoms with E-state index < -0.39 is 11.7 Å². The van der Waals surface area contributed by atoms with Crippen LogP contribution in [0.3, 0.4) is 0 Å². The third kappa shape index (κ3) is 4.36. The van der Waals surface area contributed by atoms with Gasteiger partial charge in [0.2, 0.25) is 0 Å². The second kappa shape index (κ2) is 6.84. The Morgan fingerprint density at radius 2 is 2.20 bits per heavy atom. The first-order valence-electron chi connectivity index (χ1n) is 8.56. The van der Waals surface area contributed by atoms with Crippen molar-refractivity contribution in [3.05, 3.63) is 41.5 Å². The highest BCUT2D eigenvalue weighted by Gasteiger charge is 2.25. The number of H-pyrrole nitrogens is 1. The minimum Gasteiger partial charge on any atom is -0.444 e. The molecule has 1 aliphatic carbocycles. The number of nitrogens with zero attached hydrogens (tertiary/aromatic N) is 2. The van der Waals surface area contributed by atoms with Gasteiger partial charge in [0.05, 0.1) is 6.04 Å². The molecule has 3 N–H and O–H groups in total. The molecule has 0 bridgehead atoms. The normalized spacial score (nSPS) is 17.8. The number of rotatable bonds is 4. The van der Waals surface area contributed by atoms with E-state index in [0.29, 0.717) is 0 Å². The third-order valence-corrected chi connectivity index (χ3v) is 4.16. The first kappa shape index (κ1) is 17.4. The first-order chi connectivity index (χ1) is 11.8. The summed E-state index contributed by atoms with van der Waals surface area (Å²) in [5.74, 6) is 0.830. The van der Waals surface area contributed by atoms with Gasteiger partial charge in [-0.25, -0.2) is 9.78 Å². The highest BCUT2D eigenvalue weighted by atomic mass is 16.6. The van der Waals surface area contributed by atoms with Crippen molar-refractivity contribution in [3.8, 4) is 0 Å². The van der Waals surface area contributed by atoms with Crippen LogP contribution in [0, 0.1) is 0 Å². The van der Waals surface area contributed by atoms with Gasteiger partial charge < -0.3 is 10.1 Å². The number of carbonyl (C=O) groups excluding carboxylic acids is 1. The number of hydrogen-bond acceptors (Lipinski definition) is 5. The number of ether oxygens (including phenoxy) is 1. The summed E-state index contributed by atoms with van der Waals surface area (Å²) < 4.78 is 5.30. The van der Waals surface area contributed by atoms with Crippen molar-refractivity contribution in [1.29, 1.82) is 0 Å². The fourth-order valence-corrected chi connectivity index (χ4v) is 3.09. The molecule has 7 nitrogen and oxygen atoms in total. The molecule has 1 amide bonds. The number of carbonyl (C=O) groups is 1. The number of aromatic amines is 1. The van der Waals surface area contributed by atoms with Gasteiger partial charge >= 0.3 is 6.09 Å². The Morgan fingerprint density at radius 3 is 2.88 bits per heavy atom. The van der Waals surface area contributed by atoms with Crippen LogP contribution in [-0.2, 0) is 11.2 Å². The van der Waals surface area contributed by atoms with Crippen LogP contribution in [0.1, 0.15) is 63.2 Å². The van der Waals surface area contributed by atoms with Crippen LogP contribution in [-0.4, -0.2) is 26.9 Å². The molecule has 2 unspecified atom stereocenters. The van der Waals surface area contributed by atoms with Gasteiger partial charge in [0.15, 0.2) is 0 Å². The number of amides is 1. The van der Waals surface area contributed by atoms with Crippen LogP contribution in [0.25, 0.3) is 0 Å². The smallest absolute Gasteiger partial charge is 0.412 e. The predicted molar refractivity (Wildman–Crippen MR) is 95.3 cm³/mol. The molecule has 0 radical (unpaired) electrons. The molecule has 0 fully saturated rings. The maximum Gasteiger partial charge on any atom is 0.412 e. The van der Waals surface area contributed by atoms with E-state index >= 15 is 0 Å². The standard InChI is InChI=1S/C18H25N5O2/c1-11(16-19-10-20-23-16)21-15-8-5-12-9-13(6-7-14(12)15)22-17(24)25-18(2,3)4/h6-7,9-11,15,21H,5,8H2,1-4H3,(H,22,24)(H,19,20,23). The molecule has 2 atom stereocenters. The van der Waals surface area contributed by atoms with Crippen LogP contribution in [0.5, 0.6) is 0 Å². The summed E-state index contributed by atoms with van der Waals surface area (Å²) in [4.78, 5) is 16.1. The maximum absolute atomic E-state index is 11.9. The lowest BCUT2D eigenvalue weighted by atomic mass is 10.1. The van der Waals surface area contributed by atoms with E-state index in [1.165, 1.54) is 17.5 Å². The topological polar surface area (TPSA) is 91.9 Å². The number of aryl methyl sites for hydroxylation is 1. The Morgan fingerprint density at radius 1 is 1.40 bits per heavy atom. The zero-order valence-electron chi connectivity index (χ0n) is 15.1. The highest BCUT2D eigenvalue weighted by molar-refractivity contribution is 5.85. The summed E-state index contributed by atoms with van der Waals surface area (Å²) in [5.41, 5.74) is 2.76. The number of aromatic nitrogens is 3. The lowest BCUT2D eigenvalue weighted by Gasteiger charge is -2.20. The maximum atomic E-state index is 11.9. The number of nitrogens with one attached hydrogen (secondary N) is 3. The van der Waals surface area contributed by atoms with Crippen LogP contribution in [0.4, 0.5) is 10.5 Å². The average Bonchev–Trinajstić information content (AvgIpc) is 3.15. The Balaban J connectivity index is 1.65. The van der Waals surface area contributed by atoms with Gasteiger partial charge in [-0.3, -0.25) is 10.4 Å². The summed E-state index contributed by atoms with van der Waals surface area (Å²) in [6, 6.07) is 6.38. The molecule has 3 rings (SSSR count). The van der Waals surface area contributed by atoms with E-state index in [1.54, 1.807) is 0 Å². The van der Waals surface area contributed by atoms with Crippen LogP contribution in [0.2, 0.25) is 0 Å². The molecule has 134 valence electrons. The summed E-state index contributed by atoms with van der Waals surface area (Å²) in [6.45, 7) is 7.61. The van der Waals surface area contributed by atoms with Crippen LogP contribution in [0.15, 0.2) is 24.5 Å². The van der Waals surface area contributed by atoms with E-state index in [2.05, 4.69) is 38.8 Å². The zero-order chi connectivity index (χ0) is 18.0. The molecule has 0 saturated carbocycles. The van der Waals surface area contributed by atoms with Gasteiger partial charge in [0.1, 0.15) is 17.8 Å². The molecule has 2 aromatic rings. The van der Waals surface area contributed by atoms with E-state index in [1.807, 2.05) is 32.9 Å². The average molecular weight is 343 g/mol. The van der Waals surface area contributed by atoms with Crippen LogP contribution >= 0.6 is 0 Å². The third-order valence-electron chi connectivity index (χ3n) is 4.16. The lowest BCUT2D eigenvalue weighted by Crippen LogP contribution is -2.27. The molecule has 0 saturated heterocycles. The molecule has 1 heterocycles. The SMILES string of the molecule is CC(NC1CCc2cc(NC(=O)OC(C)(C)C)ccc21)c1ncn[nH]1. The van der Waals surface area contributed by atoms with E-state index in [-0.39, 0.29) is 12.1 Å². The number of fused-ring (bicyclic) bond motifs is 1. The number of anilines is 1. The molecule has 7 heteroatoms. The van der Waals surface area contributed by atoms with Gasteiger partial charge in [-0.2, -0.15) is 5.10 Å². The van der Waals surface area contributed by atoms with Gasteiger partial charge in [-0.15, -0.1) is 0 Å². The predicted octanol–water partition coefficient (Wildman–Crippen LogP) is 3.49. The minimum absolute atomic E-state index is 0.0954. The van der Waals surface area contributed by atoms with Gasteiger partial charge in [-0.1, -0.05) is 6.07 Å². The minimum atomic E-state index is -0.507. The molecule has 0 spiro atoms. The molecule has 1 aromatic carbocycles. The molecular weight excluding hydrogens is 318 g/mol. The second-order valence-corrected chi connectivity index (χ2v) is 7.39. The van der Waals surface area contributed by atoms with Crippen molar-refractivity contribution in [3.63, 3.8) is 0 Å². The fraction of sp³-hybridized carbons (Fsp3) is 0.500. The molecule has 0 aliphatic heterocycles. The van der Waals surface area contributed by atoms with Gasteiger partial charge in [0.25, 0.3) is 0 Å². The largest absolute Gasteiger partial charge is 0.444 e. The van der Waals surface area contributed by atoms with Crippen molar-refractivity contribution in [1.82, 2.24) is 20.5 Å². The summed E-state index contributed by atoms with van der Waals surface area (Å²) >= 11 is 0. The van der Waals surface area contributed by atoms with Crippen LogP contribution < -0.4 is 10.6 Å². The molecule has 1 aromatic heterocycles. The first-order valence-corrected chi connectivity index (χ1v) is 8.56. The van der Waals surface area contributed by atoms with E-state index in [9.17, 15) is 4.79 Å². The summed E-state index contributed by atoms with van der Waals surface area (Å²) in [7, 11) is 0. The van der Waals surface area contributed by atoms with Crippen molar-refractivity contribution in [2.75, 3.05) is 5.32 Å². The van der Waals surface area contributed by atoms with Crippen molar-refractivity contribution in [2.24, 2.45) is 0 Å². The lowest BCUT2D eigenvalue weighted by molar-refractivity contribution is 0.0636. The number of hydrogen-bond donors (Lipinski definition) is 3. The molecular formula is C18H25N5O2. The van der Waals surface area contributed by atoms with Crippen molar-refractivity contribution < 1.29 is 9.53 Å². The molecule has 25 heavy (non-hydrogen) atoms. The van der Waals surface area contributed by atoms with E-state index in [4.69, 9.17) is 4.74 Å². The van der Waals surface area contributed by atoms with Crippen molar-refractivity contribution in [2.45, 2.75) is 58.2 Å². The fourth-order valence-electron chi connectivity index (χ4n) is 3.09. The summed E-state index contributed by atoms with van der Waals surface area (Å²) in [5, 5.41) is 13.2. The van der Waals surface area contributed by atoms with Gasteiger partial charge in [-0.05, 0) is 63.8 Å². The Kier molecular flexibility index (Phi) is 4.76. The quantitative estimate of drug-likeness (QED) is 0.790. The number of benzene rings is 1. The Hall–Kier alpha value is -2.41. The van der Waals surface area contributed by atoms with Crippen molar-refractivity contribution >= 4 is 11.8 Å². The highest BCUT2D eigenvalue weighted by Crippen LogP contribution is 2.34. The Labute approximate surface area is 147 Å². The summed E-state index contributed by atoms with van der Waals surface area (Å²) in [6.07, 6.45) is 3.08.